The molecule has 20 heavy (non-hydrogen) atoms. The Bertz CT molecular complexity index is 597. The number of ether oxygens (including phenoxy) is 2. The molecule has 0 radical (unpaired) electrons. The molecular formula is C15H16N2O3. The Morgan fingerprint density at radius 1 is 1.25 bits per heavy atom. The van der Waals surface area contributed by atoms with E-state index in [1.807, 2.05) is 0 Å². The van der Waals surface area contributed by atoms with Crippen LogP contribution in [-0.4, -0.2) is 18.4 Å². The van der Waals surface area contributed by atoms with E-state index in [2.05, 4.69) is 10.5 Å². The number of hydrogen-bond donors (Lipinski definition) is 1. The summed E-state index contributed by atoms with van der Waals surface area (Å²) in [6.45, 7) is 0.214. The summed E-state index contributed by atoms with van der Waals surface area (Å²) in [6.07, 6.45) is 4.84. The van der Waals surface area contributed by atoms with Crippen LogP contribution >= 0.6 is 0 Å². The number of nitrogens with one attached hydrogen (secondary N) is 1. The van der Waals surface area contributed by atoms with Crippen LogP contribution in [0, 0.1) is 11.8 Å². The van der Waals surface area contributed by atoms with Crippen molar-refractivity contribution in [3.8, 4) is 11.5 Å². The van der Waals surface area contributed by atoms with Gasteiger partial charge in [-0.05, 0) is 55.7 Å². The molecule has 2 bridgehead atoms. The van der Waals surface area contributed by atoms with Crippen LogP contribution in [0.4, 0.5) is 0 Å². The highest BCUT2D eigenvalue weighted by Crippen LogP contribution is 2.42. The van der Waals surface area contributed by atoms with E-state index in [9.17, 15) is 4.79 Å². The smallest absolute Gasteiger partial charge is 0.271 e. The predicted octanol–water partition coefficient (Wildman–Crippen LogP) is 2.32. The average molecular weight is 272 g/mol. The van der Waals surface area contributed by atoms with Crippen molar-refractivity contribution >= 4 is 11.6 Å². The van der Waals surface area contributed by atoms with Crippen LogP contribution in [0.5, 0.6) is 11.5 Å². The molecule has 1 aromatic carbocycles. The van der Waals surface area contributed by atoms with Crippen molar-refractivity contribution in [3.63, 3.8) is 0 Å². The van der Waals surface area contributed by atoms with E-state index in [1.165, 1.54) is 19.3 Å². The number of hydrogen-bond acceptors (Lipinski definition) is 4. The zero-order valence-electron chi connectivity index (χ0n) is 11.1. The maximum atomic E-state index is 12.1. The monoisotopic (exact) mass is 272 g/mol. The normalized spacial score (nSPS) is 28.1. The predicted molar refractivity (Wildman–Crippen MR) is 72.9 cm³/mol. The van der Waals surface area contributed by atoms with Crippen LogP contribution in [0.3, 0.4) is 0 Å². The van der Waals surface area contributed by atoms with Gasteiger partial charge in [0.2, 0.25) is 6.79 Å². The molecule has 0 saturated heterocycles. The fourth-order valence-electron chi connectivity index (χ4n) is 3.39. The molecule has 2 saturated carbocycles. The number of carbonyl (C=O) groups excluding carboxylic acids is 1. The number of carbonyl (C=O) groups is 1. The van der Waals surface area contributed by atoms with Gasteiger partial charge in [-0.25, -0.2) is 5.43 Å². The third-order valence-electron chi connectivity index (χ3n) is 4.45. The third-order valence-corrected chi connectivity index (χ3v) is 4.45. The second-order valence-corrected chi connectivity index (χ2v) is 5.69. The summed E-state index contributed by atoms with van der Waals surface area (Å²) >= 11 is 0. The molecule has 0 spiro atoms. The topological polar surface area (TPSA) is 59.9 Å². The quantitative estimate of drug-likeness (QED) is 0.840. The van der Waals surface area contributed by atoms with Crippen LogP contribution in [0.2, 0.25) is 0 Å². The van der Waals surface area contributed by atoms with Gasteiger partial charge in [0, 0.05) is 11.3 Å². The minimum absolute atomic E-state index is 0.196. The van der Waals surface area contributed by atoms with Gasteiger partial charge in [0.15, 0.2) is 11.5 Å². The minimum atomic E-state index is -0.196. The molecule has 2 aliphatic carbocycles. The molecule has 2 fully saturated rings. The summed E-state index contributed by atoms with van der Waals surface area (Å²) in [5.74, 6) is 2.49. The highest BCUT2D eigenvalue weighted by molar-refractivity contribution is 5.97. The Morgan fingerprint density at radius 2 is 2.15 bits per heavy atom. The summed E-state index contributed by atoms with van der Waals surface area (Å²) < 4.78 is 10.5. The molecule has 5 nitrogen and oxygen atoms in total. The maximum absolute atomic E-state index is 12.1. The summed E-state index contributed by atoms with van der Waals surface area (Å²) in [4.78, 5) is 12.1. The Kier molecular flexibility index (Phi) is 2.65. The average Bonchev–Trinajstić information content (AvgIpc) is 3.19. The minimum Gasteiger partial charge on any atom is -0.454 e. The molecule has 1 aliphatic heterocycles. The second-order valence-electron chi connectivity index (χ2n) is 5.69. The fourth-order valence-corrected chi connectivity index (χ4v) is 3.39. The van der Waals surface area contributed by atoms with Crippen LogP contribution < -0.4 is 14.9 Å². The van der Waals surface area contributed by atoms with Gasteiger partial charge in [-0.15, -0.1) is 0 Å². The number of hydrazone groups is 1. The first-order valence-electron chi connectivity index (χ1n) is 7.06. The van der Waals surface area contributed by atoms with Gasteiger partial charge in [-0.2, -0.15) is 5.10 Å². The molecule has 1 N–H and O–H groups in total. The third kappa shape index (κ3) is 1.94. The van der Waals surface area contributed by atoms with E-state index < -0.39 is 0 Å². The Hall–Kier alpha value is -2.04. The summed E-state index contributed by atoms with van der Waals surface area (Å²) in [7, 11) is 0. The highest BCUT2D eigenvalue weighted by Gasteiger charge is 2.36. The number of amides is 1. The molecule has 104 valence electrons. The van der Waals surface area contributed by atoms with Crippen LogP contribution in [0.1, 0.15) is 36.0 Å². The number of rotatable bonds is 2. The van der Waals surface area contributed by atoms with E-state index in [1.54, 1.807) is 18.2 Å². The lowest BCUT2D eigenvalue weighted by Gasteiger charge is -2.11. The van der Waals surface area contributed by atoms with Gasteiger partial charge < -0.3 is 9.47 Å². The van der Waals surface area contributed by atoms with Crippen molar-refractivity contribution in [1.29, 1.82) is 0 Å². The van der Waals surface area contributed by atoms with Gasteiger partial charge in [0.1, 0.15) is 0 Å². The first kappa shape index (κ1) is 11.8. The van der Waals surface area contributed by atoms with Crippen LogP contribution in [-0.2, 0) is 0 Å². The van der Waals surface area contributed by atoms with Gasteiger partial charge in [0.25, 0.3) is 5.91 Å². The van der Waals surface area contributed by atoms with Crippen molar-refractivity contribution in [2.24, 2.45) is 16.9 Å². The Morgan fingerprint density at radius 3 is 2.95 bits per heavy atom. The SMILES string of the molecule is O=C(N/N=C1/CC2CCC1C2)c1ccc2c(c1)OCO2. The molecule has 2 unspecified atom stereocenters. The van der Waals surface area contributed by atoms with Crippen molar-refractivity contribution < 1.29 is 14.3 Å². The van der Waals surface area contributed by atoms with Gasteiger partial charge in [-0.1, -0.05) is 0 Å². The van der Waals surface area contributed by atoms with E-state index in [0.717, 1.165) is 18.1 Å². The lowest BCUT2D eigenvalue weighted by atomic mass is 9.99. The van der Waals surface area contributed by atoms with Gasteiger partial charge in [0.05, 0.1) is 0 Å². The number of nitrogens with zero attached hydrogens (tertiary/aromatic N) is 1. The second kappa shape index (κ2) is 4.51. The molecule has 1 aromatic rings. The number of benzene rings is 1. The largest absolute Gasteiger partial charge is 0.454 e. The van der Waals surface area contributed by atoms with Gasteiger partial charge >= 0.3 is 0 Å². The van der Waals surface area contributed by atoms with Crippen LogP contribution in [0.15, 0.2) is 23.3 Å². The molecule has 1 amide bonds. The van der Waals surface area contributed by atoms with Crippen molar-refractivity contribution in [3.05, 3.63) is 23.8 Å². The van der Waals surface area contributed by atoms with Gasteiger partial charge in [-0.3, -0.25) is 4.79 Å². The summed E-state index contributed by atoms with van der Waals surface area (Å²) in [6, 6.07) is 5.17. The van der Waals surface area contributed by atoms with E-state index in [0.29, 0.717) is 23.0 Å². The zero-order chi connectivity index (χ0) is 13.5. The molecule has 1 heterocycles. The fraction of sp³-hybridized carbons (Fsp3) is 0.467. The standard InChI is InChI=1S/C15H16N2O3/c18-15(11-3-4-13-14(7-11)20-8-19-13)17-16-12-6-9-1-2-10(12)5-9/h3-4,7,9-10H,1-2,5-6,8H2,(H,17,18)/b16-12-. The molecular weight excluding hydrogens is 256 g/mol. The lowest BCUT2D eigenvalue weighted by Crippen LogP contribution is -2.21. The van der Waals surface area contributed by atoms with Crippen molar-refractivity contribution in [1.82, 2.24) is 5.43 Å². The first-order valence-corrected chi connectivity index (χ1v) is 7.06. The van der Waals surface area contributed by atoms with Crippen molar-refractivity contribution in [2.75, 3.05) is 6.79 Å². The zero-order valence-corrected chi connectivity index (χ0v) is 11.1. The molecule has 5 heteroatoms. The lowest BCUT2D eigenvalue weighted by molar-refractivity contribution is 0.0954. The summed E-state index contributed by atoms with van der Waals surface area (Å²) in [5.41, 5.74) is 4.38. The van der Waals surface area contributed by atoms with E-state index in [4.69, 9.17) is 9.47 Å². The van der Waals surface area contributed by atoms with E-state index >= 15 is 0 Å². The maximum Gasteiger partial charge on any atom is 0.271 e. The molecule has 2 atom stereocenters. The Balaban J connectivity index is 1.47. The highest BCUT2D eigenvalue weighted by atomic mass is 16.7. The number of fused-ring (bicyclic) bond motifs is 3. The molecule has 4 rings (SSSR count). The van der Waals surface area contributed by atoms with Crippen molar-refractivity contribution in [2.45, 2.75) is 25.7 Å². The summed E-state index contributed by atoms with van der Waals surface area (Å²) in [5, 5.41) is 4.32. The molecule has 3 aliphatic rings. The van der Waals surface area contributed by atoms with Crippen LogP contribution in [0.25, 0.3) is 0 Å². The van der Waals surface area contributed by atoms with E-state index in [-0.39, 0.29) is 12.7 Å². The first-order chi connectivity index (χ1) is 9.79. The Labute approximate surface area is 117 Å². The molecule has 0 aromatic heterocycles.